The Kier molecular flexibility index (Phi) is 5.96. The summed E-state index contributed by atoms with van der Waals surface area (Å²) >= 11 is 0. The lowest BCUT2D eigenvalue weighted by atomic mass is 10.0. The average Bonchev–Trinajstić information content (AvgIpc) is 3.33. The Balaban J connectivity index is 1.37. The van der Waals surface area contributed by atoms with Crippen LogP contribution < -0.4 is 10.2 Å². The first-order valence-electron chi connectivity index (χ1n) is 10.9. The number of nitrogens with zero attached hydrogens (tertiary/aromatic N) is 1. The van der Waals surface area contributed by atoms with E-state index in [1.54, 1.807) is 30.5 Å². The number of carboxylic acid groups (broad SMARTS) is 1. The van der Waals surface area contributed by atoms with Crippen LogP contribution in [0.5, 0.6) is 5.75 Å². The van der Waals surface area contributed by atoms with E-state index in [9.17, 15) is 9.59 Å². The third-order valence-corrected chi connectivity index (χ3v) is 5.53. The summed E-state index contributed by atoms with van der Waals surface area (Å²) in [5.41, 5.74) is 4.89. The summed E-state index contributed by atoms with van der Waals surface area (Å²) in [6.07, 6.45) is 1.55. The first-order valence-corrected chi connectivity index (χ1v) is 10.9. The molecule has 1 heterocycles. The van der Waals surface area contributed by atoms with Gasteiger partial charge in [-0.25, -0.2) is 10.2 Å². The number of nitrogens with one attached hydrogen (secondary N) is 1. The van der Waals surface area contributed by atoms with Gasteiger partial charge >= 0.3 is 11.9 Å². The number of para-hydroxylation sites is 1. The predicted octanol–water partition coefficient (Wildman–Crippen LogP) is 5.63. The van der Waals surface area contributed by atoms with E-state index in [-0.39, 0.29) is 17.9 Å². The molecular weight excluding hydrogens is 444 g/mol. The number of rotatable bonds is 7. The van der Waals surface area contributed by atoms with Gasteiger partial charge in [0, 0.05) is 10.9 Å². The quantitative estimate of drug-likeness (QED) is 0.240. The lowest BCUT2D eigenvalue weighted by Gasteiger charge is -2.12. The van der Waals surface area contributed by atoms with Gasteiger partial charge in [-0.2, -0.15) is 5.10 Å². The number of ether oxygens (including phenoxy) is 1. The number of aromatic carboxylic acids is 1. The minimum atomic E-state index is -0.977. The number of hydrazone groups is 1. The molecule has 172 valence electrons. The van der Waals surface area contributed by atoms with E-state index in [2.05, 4.69) is 10.5 Å². The highest BCUT2D eigenvalue weighted by molar-refractivity contribution is 6.03. The van der Waals surface area contributed by atoms with Crippen molar-refractivity contribution in [2.24, 2.45) is 5.10 Å². The molecule has 0 unspecified atom stereocenters. The summed E-state index contributed by atoms with van der Waals surface area (Å²) in [5.74, 6) is -0.691. The van der Waals surface area contributed by atoms with Gasteiger partial charge < -0.3 is 14.3 Å². The van der Waals surface area contributed by atoms with E-state index < -0.39 is 11.9 Å². The van der Waals surface area contributed by atoms with Crippen molar-refractivity contribution in [1.82, 2.24) is 5.43 Å². The smallest absolute Gasteiger partial charge is 0.335 e. The molecule has 0 saturated heterocycles. The summed E-state index contributed by atoms with van der Waals surface area (Å²) in [6.45, 7) is 0.240. The molecule has 0 aliphatic heterocycles. The molecule has 0 saturated carbocycles. The maximum atomic E-state index is 12.5. The number of benzene rings is 4. The molecular formula is C28H20N2O5. The van der Waals surface area contributed by atoms with Crippen LogP contribution in [-0.4, -0.2) is 23.2 Å². The van der Waals surface area contributed by atoms with Gasteiger partial charge in [0.2, 0.25) is 0 Å². The first kappa shape index (κ1) is 21.9. The van der Waals surface area contributed by atoms with Crippen LogP contribution in [0.4, 0.5) is 0 Å². The highest BCUT2D eigenvalue weighted by Crippen LogP contribution is 2.27. The van der Waals surface area contributed by atoms with Gasteiger partial charge in [0.15, 0.2) is 5.76 Å². The van der Waals surface area contributed by atoms with E-state index in [4.69, 9.17) is 14.3 Å². The minimum absolute atomic E-state index is 0.169. The lowest BCUT2D eigenvalue weighted by Crippen LogP contribution is -2.16. The van der Waals surface area contributed by atoms with Crippen molar-refractivity contribution >= 4 is 39.8 Å². The van der Waals surface area contributed by atoms with Crippen molar-refractivity contribution in [3.63, 3.8) is 0 Å². The third kappa shape index (κ3) is 4.74. The van der Waals surface area contributed by atoms with E-state index >= 15 is 0 Å². The fraction of sp³-hybridized carbons (Fsp3) is 0.0357. The highest BCUT2D eigenvalue weighted by atomic mass is 16.5. The third-order valence-electron chi connectivity index (χ3n) is 5.53. The largest absolute Gasteiger partial charge is 0.488 e. The molecule has 5 aromatic rings. The number of carboxylic acids is 1. The Hall–Kier alpha value is -4.91. The number of carbonyl (C=O) groups is 2. The topological polar surface area (TPSA) is 101 Å². The van der Waals surface area contributed by atoms with Crippen LogP contribution >= 0.6 is 0 Å². The zero-order chi connectivity index (χ0) is 24.2. The average molecular weight is 464 g/mol. The van der Waals surface area contributed by atoms with Gasteiger partial charge in [-0.15, -0.1) is 0 Å². The zero-order valence-electron chi connectivity index (χ0n) is 18.5. The molecule has 35 heavy (non-hydrogen) atoms. The SMILES string of the molecule is O=C(O)c1ccc(COc2ccc3ccccc3c2/C=N/NC(=O)c2cc3ccccc3o2)cc1. The molecule has 0 atom stereocenters. The van der Waals surface area contributed by atoms with Gasteiger partial charge in [0.25, 0.3) is 0 Å². The molecule has 7 heteroatoms. The minimum Gasteiger partial charge on any atom is -0.488 e. The Morgan fingerprint density at radius 1 is 0.914 bits per heavy atom. The molecule has 1 amide bonds. The van der Waals surface area contributed by atoms with Crippen LogP contribution in [0.1, 0.15) is 32.0 Å². The van der Waals surface area contributed by atoms with Crippen molar-refractivity contribution in [1.29, 1.82) is 0 Å². The Morgan fingerprint density at radius 3 is 2.43 bits per heavy atom. The van der Waals surface area contributed by atoms with Gasteiger partial charge in [0.1, 0.15) is 17.9 Å². The van der Waals surface area contributed by atoms with Crippen molar-refractivity contribution in [2.75, 3.05) is 0 Å². The molecule has 0 fully saturated rings. The van der Waals surface area contributed by atoms with E-state index in [1.165, 1.54) is 12.1 Å². The van der Waals surface area contributed by atoms with E-state index in [1.807, 2.05) is 54.6 Å². The molecule has 5 rings (SSSR count). The molecule has 0 aliphatic rings. The van der Waals surface area contributed by atoms with Gasteiger partial charge in [-0.1, -0.05) is 60.7 Å². The molecule has 4 aromatic carbocycles. The lowest BCUT2D eigenvalue weighted by molar-refractivity contribution is 0.0696. The summed E-state index contributed by atoms with van der Waals surface area (Å²) < 4.78 is 11.6. The van der Waals surface area contributed by atoms with Crippen LogP contribution in [-0.2, 0) is 6.61 Å². The van der Waals surface area contributed by atoms with Crippen LogP contribution in [0.2, 0.25) is 0 Å². The molecule has 2 N–H and O–H groups in total. The summed E-state index contributed by atoms with van der Waals surface area (Å²) in [5, 5.41) is 16.0. The Bertz CT molecular complexity index is 1530. The fourth-order valence-electron chi connectivity index (χ4n) is 3.74. The van der Waals surface area contributed by atoms with Crippen LogP contribution in [0, 0.1) is 0 Å². The number of furan rings is 1. The maximum Gasteiger partial charge on any atom is 0.335 e. The van der Waals surface area contributed by atoms with Gasteiger partial charge in [0.05, 0.1) is 11.8 Å². The van der Waals surface area contributed by atoms with Crippen LogP contribution in [0.3, 0.4) is 0 Å². The van der Waals surface area contributed by atoms with Crippen molar-refractivity contribution in [3.8, 4) is 5.75 Å². The van der Waals surface area contributed by atoms with Crippen molar-refractivity contribution < 1.29 is 23.8 Å². The standard InChI is InChI=1S/C28H20N2O5/c31-27(26-15-21-6-2-4-8-24(21)35-26)30-29-16-23-22-7-3-1-5-19(22)13-14-25(23)34-17-18-9-11-20(12-10-18)28(32)33/h1-16H,17H2,(H,30,31)(H,32,33)/b29-16+. The normalized spacial score (nSPS) is 11.2. The number of hydrogen-bond acceptors (Lipinski definition) is 5. The fourth-order valence-corrected chi connectivity index (χ4v) is 3.74. The highest BCUT2D eigenvalue weighted by Gasteiger charge is 2.12. The molecule has 1 aromatic heterocycles. The summed E-state index contributed by atoms with van der Waals surface area (Å²) in [7, 11) is 0. The van der Waals surface area contributed by atoms with E-state index in [0.29, 0.717) is 16.9 Å². The molecule has 0 radical (unpaired) electrons. The molecule has 0 aliphatic carbocycles. The summed E-state index contributed by atoms with van der Waals surface area (Å²) in [6, 6.07) is 27.1. The number of fused-ring (bicyclic) bond motifs is 2. The Morgan fingerprint density at radius 2 is 1.66 bits per heavy atom. The zero-order valence-corrected chi connectivity index (χ0v) is 18.5. The number of carbonyl (C=O) groups excluding carboxylic acids is 1. The first-order chi connectivity index (χ1) is 17.1. The van der Waals surface area contributed by atoms with Crippen LogP contribution in [0.15, 0.2) is 101 Å². The second-order valence-electron chi connectivity index (χ2n) is 7.84. The number of amides is 1. The van der Waals surface area contributed by atoms with Crippen molar-refractivity contribution in [2.45, 2.75) is 6.61 Å². The number of hydrogen-bond donors (Lipinski definition) is 2. The maximum absolute atomic E-state index is 12.5. The second kappa shape index (κ2) is 9.52. The molecule has 0 spiro atoms. The van der Waals surface area contributed by atoms with Gasteiger partial charge in [-0.05, 0) is 46.7 Å². The second-order valence-corrected chi connectivity index (χ2v) is 7.84. The monoisotopic (exact) mass is 464 g/mol. The summed E-state index contributed by atoms with van der Waals surface area (Å²) in [4.78, 5) is 23.6. The Labute approximate surface area is 200 Å². The van der Waals surface area contributed by atoms with E-state index in [0.717, 1.165) is 21.7 Å². The molecule has 7 nitrogen and oxygen atoms in total. The van der Waals surface area contributed by atoms with Crippen molar-refractivity contribution in [3.05, 3.63) is 113 Å². The molecule has 0 bridgehead atoms. The predicted molar refractivity (Wildman–Crippen MR) is 133 cm³/mol. The van der Waals surface area contributed by atoms with Crippen LogP contribution in [0.25, 0.3) is 21.7 Å². The van der Waals surface area contributed by atoms with Gasteiger partial charge in [-0.3, -0.25) is 4.79 Å².